The van der Waals surface area contributed by atoms with Gasteiger partial charge in [0.25, 0.3) is 0 Å². The lowest BCUT2D eigenvalue weighted by Gasteiger charge is -2.25. The summed E-state index contributed by atoms with van der Waals surface area (Å²) in [6.45, 7) is 2.12. The molecule has 1 amide bonds. The smallest absolute Gasteiger partial charge is 0.240 e. The standard InChI is InChI=1S/C22H21ClN2O3/c23-16-10-8-15(9-11-16)20-21(27)17-6-2-3-7-18(17)28-22(20)24-19(26)14-25-12-4-1-5-13-25/h2-3,6-11H,1,4-5,12-14H2,(H,24,26). The third-order valence-corrected chi connectivity index (χ3v) is 5.25. The zero-order valence-corrected chi connectivity index (χ0v) is 16.2. The van der Waals surface area contributed by atoms with Gasteiger partial charge in [-0.15, -0.1) is 0 Å². The van der Waals surface area contributed by atoms with E-state index >= 15 is 0 Å². The van der Waals surface area contributed by atoms with Crippen LogP contribution in [0.5, 0.6) is 0 Å². The third-order valence-electron chi connectivity index (χ3n) is 5.00. The van der Waals surface area contributed by atoms with E-state index in [4.69, 9.17) is 16.0 Å². The summed E-state index contributed by atoms with van der Waals surface area (Å²) in [7, 11) is 0. The van der Waals surface area contributed by atoms with E-state index in [1.807, 2.05) is 0 Å². The summed E-state index contributed by atoms with van der Waals surface area (Å²) >= 11 is 5.99. The Hall–Kier alpha value is -2.63. The lowest BCUT2D eigenvalue weighted by Crippen LogP contribution is -2.37. The molecule has 0 saturated carbocycles. The molecule has 144 valence electrons. The fraction of sp³-hybridized carbons (Fsp3) is 0.273. The van der Waals surface area contributed by atoms with Crippen molar-refractivity contribution >= 4 is 34.4 Å². The van der Waals surface area contributed by atoms with Crippen molar-refractivity contribution in [1.82, 2.24) is 4.90 Å². The van der Waals surface area contributed by atoms with Gasteiger partial charge < -0.3 is 4.42 Å². The number of nitrogens with zero attached hydrogens (tertiary/aromatic N) is 1. The number of para-hydroxylation sites is 1. The van der Waals surface area contributed by atoms with Crippen molar-refractivity contribution in [1.29, 1.82) is 0 Å². The SMILES string of the molecule is O=C(CN1CCCCC1)Nc1oc2ccccc2c(=O)c1-c1ccc(Cl)cc1. The number of hydrogen-bond donors (Lipinski definition) is 1. The number of hydrogen-bond acceptors (Lipinski definition) is 4. The molecule has 1 N–H and O–H groups in total. The van der Waals surface area contributed by atoms with Gasteiger partial charge in [0.1, 0.15) is 5.58 Å². The van der Waals surface area contributed by atoms with Gasteiger partial charge in [-0.05, 0) is 55.8 Å². The molecular formula is C22H21ClN2O3. The highest BCUT2D eigenvalue weighted by Crippen LogP contribution is 2.29. The first-order valence-electron chi connectivity index (χ1n) is 9.46. The number of rotatable bonds is 4. The Balaban J connectivity index is 1.73. The molecule has 6 heteroatoms. The van der Waals surface area contributed by atoms with E-state index in [0.29, 0.717) is 27.1 Å². The molecule has 4 rings (SSSR count). The molecule has 3 aromatic rings. The number of benzene rings is 2. The van der Waals surface area contributed by atoms with E-state index in [0.717, 1.165) is 25.9 Å². The molecule has 0 atom stereocenters. The summed E-state index contributed by atoms with van der Waals surface area (Å²) in [6.07, 6.45) is 3.42. The maximum atomic E-state index is 13.2. The van der Waals surface area contributed by atoms with Crippen LogP contribution >= 0.6 is 11.6 Å². The molecule has 1 aliphatic rings. The first kappa shape index (κ1) is 18.7. The number of piperidine rings is 1. The fourth-order valence-electron chi connectivity index (χ4n) is 3.60. The average molecular weight is 397 g/mol. The van der Waals surface area contributed by atoms with Gasteiger partial charge in [-0.25, -0.2) is 0 Å². The van der Waals surface area contributed by atoms with Gasteiger partial charge in [-0.2, -0.15) is 0 Å². The minimum Gasteiger partial charge on any atom is -0.439 e. The van der Waals surface area contributed by atoms with E-state index in [1.165, 1.54) is 6.42 Å². The molecule has 2 heterocycles. The largest absolute Gasteiger partial charge is 0.439 e. The molecule has 1 aromatic heterocycles. The molecule has 1 saturated heterocycles. The van der Waals surface area contributed by atoms with Crippen LogP contribution in [0.1, 0.15) is 19.3 Å². The molecular weight excluding hydrogens is 376 g/mol. The van der Waals surface area contributed by atoms with E-state index in [1.54, 1.807) is 48.5 Å². The maximum Gasteiger partial charge on any atom is 0.240 e. The summed E-state index contributed by atoms with van der Waals surface area (Å²) in [4.78, 5) is 27.9. The number of carbonyl (C=O) groups is 1. The minimum atomic E-state index is -0.185. The molecule has 2 aromatic carbocycles. The van der Waals surface area contributed by atoms with E-state index < -0.39 is 0 Å². The molecule has 0 radical (unpaired) electrons. The number of fused-ring (bicyclic) bond motifs is 1. The Morgan fingerprint density at radius 1 is 1.04 bits per heavy atom. The van der Waals surface area contributed by atoms with Crippen molar-refractivity contribution in [3.8, 4) is 11.1 Å². The molecule has 1 aliphatic heterocycles. The first-order chi connectivity index (χ1) is 13.6. The lowest BCUT2D eigenvalue weighted by atomic mass is 10.0. The van der Waals surface area contributed by atoms with Gasteiger partial charge in [-0.3, -0.25) is 19.8 Å². The van der Waals surface area contributed by atoms with Crippen LogP contribution in [0.15, 0.2) is 57.7 Å². The quantitative estimate of drug-likeness (QED) is 0.703. The Kier molecular flexibility index (Phi) is 5.46. The summed E-state index contributed by atoms with van der Waals surface area (Å²) in [5, 5.41) is 3.87. The summed E-state index contributed by atoms with van der Waals surface area (Å²) in [5.41, 5.74) is 1.25. The van der Waals surface area contributed by atoms with Crippen molar-refractivity contribution in [2.24, 2.45) is 0 Å². The van der Waals surface area contributed by atoms with Crippen LogP contribution in [0.2, 0.25) is 5.02 Å². The molecule has 0 aliphatic carbocycles. The predicted octanol–water partition coefficient (Wildman–Crippen LogP) is 4.54. The van der Waals surface area contributed by atoms with Crippen LogP contribution in [0.4, 0.5) is 5.88 Å². The number of carbonyl (C=O) groups excluding carboxylic acids is 1. The Labute approximate surface area is 167 Å². The Morgan fingerprint density at radius 2 is 1.75 bits per heavy atom. The highest BCUT2D eigenvalue weighted by molar-refractivity contribution is 6.30. The molecule has 5 nitrogen and oxygen atoms in total. The van der Waals surface area contributed by atoms with Gasteiger partial charge in [0.15, 0.2) is 0 Å². The topological polar surface area (TPSA) is 62.6 Å². The normalized spacial score (nSPS) is 14.9. The zero-order chi connectivity index (χ0) is 19.5. The molecule has 0 spiro atoms. The monoisotopic (exact) mass is 396 g/mol. The van der Waals surface area contributed by atoms with Gasteiger partial charge in [-0.1, -0.05) is 42.3 Å². The molecule has 0 bridgehead atoms. The first-order valence-corrected chi connectivity index (χ1v) is 9.83. The second kappa shape index (κ2) is 8.17. The fourth-order valence-corrected chi connectivity index (χ4v) is 3.72. The molecule has 1 fully saturated rings. The van der Waals surface area contributed by atoms with Gasteiger partial charge in [0, 0.05) is 5.02 Å². The third kappa shape index (κ3) is 3.96. The summed E-state index contributed by atoms with van der Waals surface area (Å²) < 4.78 is 5.93. The minimum absolute atomic E-state index is 0.174. The van der Waals surface area contributed by atoms with Crippen molar-refractivity contribution in [3.63, 3.8) is 0 Å². The van der Waals surface area contributed by atoms with Crippen LogP contribution in [0.25, 0.3) is 22.1 Å². The maximum absolute atomic E-state index is 13.2. The van der Waals surface area contributed by atoms with Crippen LogP contribution in [0, 0.1) is 0 Å². The molecule has 28 heavy (non-hydrogen) atoms. The Bertz CT molecular complexity index is 1050. The second-order valence-electron chi connectivity index (χ2n) is 7.02. The second-order valence-corrected chi connectivity index (χ2v) is 7.46. The number of likely N-dealkylation sites (tertiary alicyclic amines) is 1. The van der Waals surface area contributed by atoms with Crippen molar-refractivity contribution in [2.45, 2.75) is 19.3 Å². The zero-order valence-electron chi connectivity index (χ0n) is 15.4. The molecule has 0 unspecified atom stereocenters. The van der Waals surface area contributed by atoms with E-state index in [-0.39, 0.29) is 23.8 Å². The van der Waals surface area contributed by atoms with Crippen LogP contribution in [-0.2, 0) is 4.79 Å². The average Bonchev–Trinajstić information content (AvgIpc) is 2.70. The van der Waals surface area contributed by atoms with E-state index in [2.05, 4.69) is 10.2 Å². The highest BCUT2D eigenvalue weighted by Gasteiger charge is 2.20. The number of nitrogens with one attached hydrogen (secondary N) is 1. The van der Waals surface area contributed by atoms with Crippen LogP contribution in [-0.4, -0.2) is 30.4 Å². The van der Waals surface area contributed by atoms with Gasteiger partial charge in [0.05, 0.1) is 17.5 Å². The van der Waals surface area contributed by atoms with Crippen LogP contribution < -0.4 is 10.7 Å². The number of anilines is 1. The Morgan fingerprint density at radius 3 is 2.50 bits per heavy atom. The lowest BCUT2D eigenvalue weighted by molar-refractivity contribution is -0.117. The predicted molar refractivity (Wildman–Crippen MR) is 112 cm³/mol. The van der Waals surface area contributed by atoms with Crippen molar-refractivity contribution in [3.05, 3.63) is 63.8 Å². The summed E-state index contributed by atoms with van der Waals surface area (Å²) in [5.74, 6) is -0.0106. The van der Waals surface area contributed by atoms with Gasteiger partial charge in [0.2, 0.25) is 17.2 Å². The number of amides is 1. The van der Waals surface area contributed by atoms with Crippen molar-refractivity contribution in [2.75, 3.05) is 25.0 Å². The van der Waals surface area contributed by atoms with E-state index in [9.17, 15) is 9.59 Å². The highest BCUT2D eigenvalue weighted by atomic mass is 35.5. The summed E-state index contributed by atoms with van der Waals surface area (Å²) in [6, 6.07) is 14.0. The van der Waals surface area contributed by atoms with Gasteiger partial charge >= 0.3 is 0 Å². The van der Waals surface area contributed by atoms with Crippen LogP contribution in [0.3, 0.4) is 0 Å². The number of halogens is 1. The van der Waals surface area contributed by atoms with Crippen molar-refractivity contribution < 1.29 is 9.21 Å².